The number of benzene rings is 2. The Hall–Kier alpha value is -2.04. The van der Waals surface area contributed by atoms with E-state index in [1.54, 1.807) is 14.2 Å². The molecule has 33 heavy (non-hydrogen) atoms. The third-order valence-electron chi connectivity index (χ3n) is 5.75. The Morgan fingerprint density at radius 3 is 2.48 bits per heavy atom. The van der Waals surface area contributed by atoms with Gasteiger partial charge in [-0.15, -0.1) is 24.0 Å². The molecule has 7 nitrogen and oxygen atoms in total. The van der Waals surface area contributed by atoms with Gasteiger partial charge in [-0.1, -0.05) is 35.9 Å². The van der Waals surface area contributed by atoms with E-state index in [1.165, 1.54) is 16.7 Å². The van der Waals surface area contributed by atoms with E-state index in [2.05, 4.69) is 57.8 Å². The minimum atomic E-state index is 0. The molecule has 0 radical (unpaired) electrons. The molecule has 2 aromatic rings. The number of guanidine groups is 1. The summed E-state index contributed by atoms with van der Waals surface area (Å²) in [5, 5.41) is 6.95. The number of halogens is 1. The number of hydrogen-bond acceptors (Lipinski definition) is 5. The zero-order valence-electron chi connectivity index (χ0n) is 20.1. The van der Waals surface area contributed by atoms with Gasteiger partial charge in [0.15, 0.2) is 17.5 Å². The van der Waals surface area contributed by atoms with Crippen LogP contribution < -0.4 is 20.1 Å². The van der Waals surface area contributed by atoms with Gasteiger partial charge >= 0.3 is 0 Å². The van der Waals surface area contributed by atoms with Crippen LogP contribution in [0.25, 0.3) is 0 Å². The lowest BCUT2D eigenvalue weighted by molar-refractivity contribution is 0.0170. The molecule has 8 heteroatoms. The number of nitrogens with zero attached hydrogens (tertiary/aromatic N) is 2. The standard InChI is InChI=1S/C25H36N4O3.HI/c1-19-6-5-7-21(16-19)22(29-12-14-32-15-13-29)18-28-25(26-2)27-11-10-20-8-9-23(30-3)24(17-20)31-4;/h5-9,16-17,22H,10-15,18H2,1-4H3,(H2,26,27,28);1H. The summed E-state index contributed by atoms with van der Waals surface area (Å²) in [6.07, 6.45) is 0.853. The third kappa shape index (κ3) is 8.04. The van der Waals surface area contributed by atoms with Crippen LogP contribution in [0.3, 0.4) is 0 Å². The minimum absolute atomic E-state index is 0. The molecule has 1 fully saturated rings. The van der Waals surface area contributed by atoms with E-state index >= 15 is 0 Å². The van der Waals surface area contributed by atoms with Gasteiger partial charge in [0.1, 0.15) is 0 Å². The molecule has 0 amide bonds. The predicted molar refractivity (Wildman–Crippen MR) is 144 cm³/mol. The van der Waals surface area contributed by atoms with Crippen molar-refractivity contribution in [2.75, 3.05) is 60.7 Å². The zero-order chi connectivity index (χ0) is 22.8. The highest BCUT2D eigenvalue weighted by Gasteiger charge is 2.23. The first-order valence-electron chi connectivity index (χ1n) is 11.2. The van der Waals surface area contributed by atoms with Crippen LogP contribution in [-0.4, -0.2) is 71.5 Å². The smallest absolute Gasteiger partial charge is 0.191 e. The van der Waals surface area contributed by atoms with Crippen LogP contribution in [0, 0.1) is 6.92 Å². The SMILES string of the molecule is CN=C(NCCc1ccc(OC)c(OC)c1)NCC(c1cccc(C)c1)N1CCOCC1.I. The number of hydrogen-bond donors (Lipinski definition) is 2. The lowest BCUT2D eigenvalue weighted by atomic mass is 10.0. The molecular weight excluding hydrogens is 531 g/mol. The molecule has 1 unspecified atom stereocenters. The van der Waals surface area contributed by atoms with Gasteiger partial charge in [0.05, 0.1) is 33.5 Å². The molecule has 0 spiro atoms. The van der Waals surface area contributed by atoms with Crippen molar-refractivity contribution >= 4 is 29.9 Å². The summed E-state index contributed by atoms with van der Waals surface area (Å²) in [6, 6.07) is 15.0. The molecule has 1 atom stereocenters. The number of nitrogens with one attached hydrogen (secondary N) is 2. The molecular formula is C25H37IN4O3. The second-order valence-electron chi connectivity index (χ2n) is 7.90. The molecule has 182 valence electrons. The fourth-order valence-corrected chi connectivity index (χ4v) is 4.00. The van der Waals surface area contributed by atoms with Crippen LogP contribution >= 0.6 is 24.0 Å². The quantitative estimate of drug-likeness (QED) is 0.275. The first kappa shape index (κ1) is 27.2. The van der Waals surface area contributed by atoms with Crippen LogP contribution in [0.5, 0.6) is 11.5 Å². The Balaban J connectivity index is 0.00000385. The summed E-state index contributed by atoms with van der Waals surface area (Å²) in [7, 11) is 5.11. The van der Waals surface area contributed by atoms with E-state index in [0.29, 0.717) is 0 Å². The second kappa shape index (κ2) is 14.3. The van der Waals surface area contributed by atoms with Gasteiger partial charge in [-0.25, -0.2) is 0 Å². The molecule has 1 saturated heterocycles. The minimum Gasteiger partial charge on any atom is -0.493 e. The Morgan fingerprint density at radius 1 is 1.06 bits per heavy atom. The van der Waals surface area contributed by atoms with Gasteiger partial charge in [-0.3, -0.25) is 9.89 Å². The number of methoxy groups -OCH3 is 2. The van der Waals surface area contributed by atoms with Crippen molar-refractivity contribution < 1.29 is 14.2 Å². The Bertz CT molecular complexity index is 888. The van der Waals surface area contributed by atoms with Crippen molar-refractivity contribution in [2.45, 2.75) is 19.4 Å². The summed E-state index contributed by atoms with van der Waals surface area (Å²) >= 11 is 0. The van der Waals surface area contributed by atoms with Crippen molar-refractivity contribution in [2.24, 2.45) is 4.99 Å². The van der Waals surface area contributed by atoms with Gasteiger partial charge in [0.25, 0.3) is 0 Å². The van der Waals surface area contributed by atoms with Gasteiger partial charge in [-0.2, -0.15) is 0 Å². The van der Waals surface area contributed by atoms with Crippen LogP contribution in [0.2, 0.25) is 0 Å². The summed E-state index contributed by atoms with van der Waals surface area (Å²) in [6.45, 7) is 7.11. The summed E-state index contributed by atoms with van der Waals surface area (Å²) in [4.78, 5) is 6.90. The number of morpholine rings is 1. The number of rotatable bonds is 9. The van der Waals surface area contributed by atoms with Crippen LogP contribution in [0.4, 0.5) is 0 Å². The summed E-state index contributed by atoms with van der Waals surface area (Å²) in [5.41, 5.74) is 3.77. The molecule has 2 N–H and O–H groups in total. The van der Waals surface area contributed by atoms with Gasteiger partial charge in [-0.05, 0) is 36.6 Å². The van der Waals surface area contributed by atoms with E-state index in [9.17, 15) is 0 Å². The number of aliphatic imine (C=N–C) groups is 1. The molecule has 0 saturated carbocycles. The van der Waals surface area contributed by atoms with E-state index < -0.39 is 0 Å². The molecule has 0 aromatic heterocycles. The lowest BCUT2D eigenvalue weighted by Gasteiger charge is -2.35. The summed E-state index contributed by atoms with van der Waals surface area (Å²) < 4.78 is 16.3. The highest BCUT2D eigenvalue weighted by Crippen LogP contribution is 2.27. The predicted octanol–water partition coefficient (Wildman–Crippen LogP) is 3.41. The normalized spacial score (nSPS) is 15.3. The van der Waals surface area contributed by atoms with Gasteiger partial charge in [0, 0.05) is 33.2 Å². The maximum atomic E-state index is 5.57. The maximum Gasteiger partial charge on any atom is 0.191 e. The van der Waals surface area contributed by atoms with Crippen molar-refractivity contribution in [1.82, 2.24) is 15.5 Å². The zero-order valence-corrected chi connectivity index (χ0v) is 22.4. The van der Waals surface area contributed by atoms with Crippen molar-refractivity contribution in [3.8, 4) is 11.5 Å². The van der Waals surface area contributed by atoms with Crippen LogP contribution in [0.1, 0.15) is 22.7 Å². The molecule has 1 heterocycles. The average Bonchev–Trinajstić information content (AvgIpc) is 2.83. The first-order valence-corrected chi connectivity index (χ1v) is 11.2. The molecule has 1 aliphatic heterocycles. The highest BCUT2D eigenvalue weighted by molar-refractivity contribution is 14.0. The molecule has 2 aromatic carbocycles. The number of ether oxygens (including phenoxy) is 3. The average molecular weight is 569 g/mol. The Kier molecular flexibility index (Phi) is 11.8. The first-order chi connectivity index (χ1) is 15.6. The van der Waals surface area contributed by atoms with Crippen molar-refractivity contribution in [1.29, 1.82) is 0 Å². The fourth-order valence-electron chi connectivity index (χ4n) is 4.00. The number of aryl methyl sites for hydroxylation is 1. The monoisotopic (exact) mass is 568 g/mol. The molecule has 3 rings (SSSR count). The fraction of sp³-hybridized carbons (Fsp3) is 0.480. The molecule has 0 bridgehead atoms. The van der Waals surface area contributed by atoms with Gasteiger partial charge < -0.3 is 24.8 Å². The van der Waals surface area contributed by atoms with Crippen LogP contribution in [-0.2, 0) is 11.2 Å². The van der Waals surface area contributed by atoms with Crippen molar-refractivity contribution in [3.05, 3.63) is 59.2 Å². The van der Waals surface area contributed by atoms with Crippen molar-refractivity contribution in [3.63, 3.8) is 0 Å². The summed E-state index contributed by atoms with van der Waals surface area (Å²) in [5.74, 6) is 2.29. The molecule has 0 aliphatic carbocycles. The largest absolute Gasteiger partial charge is 0.493 e. The van der Waals surface area contributed by atoms with Crippen LogP contribution in [0.15, 0.2) is 47.5 Å². The second-order valence-corrected chi connectivity index (χ2v) is 7.90. The van der Waals surface area contributed by atoms with Gasteiger partial charge in [0.2, 0.25) is 0 Å². The van der Waals surface area contributed by atoms with E-state index in [0.717, 1.165) is 63.3 Å². The van der Waals surface area contributed by atoms with E-state index in [4.69, 9.17) is 14.2 Å². The highest BCUT2D eigenvalue weighted by atomic mass is 127. The molecule has 1 aliphatic rings. The Labute approximate surface area is 214 Å². The van der Waals surface area contributed by atoms with E-state index in [1.807, 2.05) is 19.2 Å². The lowest BCUT2D eigenvalue weighted by Crippen LogP contribution is -2.46. The van der Waals surface area contributed by atoms with E-state index in [-0.39, 0.29) is 30.0 Å². The Morgan fingerprint density at radius 2 is 1.82 bits per heavy atom. The topological polar surface area (TPSA) is 67.4 Å². The maximum absolute atomic E-state index is 5.57. The third-order valence-corrected chi connectivity index (χ3v) is 5.75.